The van der Waals surface area contributed by atoms with Crippen LogP contribution < -0.4 is 5.56 Å². The fraction of sp³-hybridized carbons (Fsp3) is 0.167. The highest BCUT2D eigenvalue weighted by atomic mass is 35.5. The molecule has 88 valence electrons. The summed E-state index contributed by atoms with van der Waals surface area (Å²) in [5, 5.41) is 10.1. The molecule has 1 heterocycles. The second-order valence-corrected chi connectivity index (χ2v) is 4.09. The van der Waals surface area contributed by atoms with E-state index in [4.69, 9.17) is 11.6 Å². The van der Waals surface area contributed by atoms with Gasteiger partial charge in [0.1, 0.15) is 0 Å². The third-order valence-electron chi connectivity index (χ3n) is 2.64. The molecular formula is C12H10ClNO3. The summed E-state index contributed by atoms with van der Waals surface area (Å²) >= 11 is 5.85. The van der Waals surface area contributed by atoms with E-state index in [9.17, 15) is 14.7 Å². The Morgan fingerprint density at radius 2 is 2.18 bits per heavy atom. The fourth-order valence-corrected chi connectivity index (χ4v) is 2.06. The number of carboxylic acid groups (broad SMARTS) is 1. The van der Waals surface area contributed by atoms with Crippen LogP contribution in [0.4, 0.5) is 0 Å². The van der Waals surface area contributed by atoms with Crippen LogP contribution in [0.3, 0.4) is 0 Å². The van der Waals surface area contributed by atoms with E-state index < -0.39 is 5.97 Å². The first kappa shape index (κ1) is 11.7. The largest absolute Gasteiger partial charge is 0.478 e. The van der Waals surface area contributed by atoms with Gasteiger partial charge in [-0.2, -0.15) is 0 Å². The third kappa shape index (κ3) is 1.91. The van der Waals surface area contributed by atoms with Crippen molar-refractivity contribution in [3.63, 3.8) is 0 Å². The average molecular weight is 252 g/mol. The van der Waals surface area contributed by atoms with Gasteiger partial charge in [0.2, 0.25) is 0 Å². The quantitative estimate of drug-likeness (QED) is 0.861. The number of pyridine rings is 1. The van der Waals surface area contributed by atoms with E-state index in [1.807, 2.05) is 0 Å². The Kier molecular flexibility index (Phi) is 2.90. The normalized spacial score (nSPS) is 10.7. The van der Waals surface area contributed by atoms with Gasteiger partial charge < -0.3 is 10.1 Å². The van der Waals surface area contributed by atoms with Gasteiger partial charge in [-0.05, 0) is 24.6 Å². The van der Waals surface area contributed by atoms with Crippen LogP contribution in [0, 0.1) is 0 Å². The summed E-state index contributed by atoms with van der Waals surface area (Å²) in [6.45, 7) is 1.74. The number of H-pyrrole nitrogens is 1. The number of rotatable bonds is 2. The Morgan fingerprint density at radius 1 is 1.47 bits per heavy atom. The van der Waals surface area contributed by atoms with Crippen molar-refractivity contribution in [1.29, 1.82) is 0 Å². The number of fused-ring (bicyclic) bond motifs is 1. The molecule has 17 heavy (non-hydrogen) atoms. The number of halogens is 1. The maximum atomic E-state index is 11.7. The van der Waals surface area contributed by atoms with Crippen LogP contribution in [0.5, 0.6) is 0 Å². The molecule has 0 bridgehead atoms. The summed E-state index contributed by atoms with van der Waals surface area (Å²) in [7, 11) is 0. The Labute approximate surface area is 102 Å². The highest BCUT2D eigenvalue weighted by molar-refractivity contribution is 6.31. The van der Waals surface area contributed by atoms with Crippen molar-refractivity contribution in [2.24, 2.45) is 0 Å². The van der Waals surface area contributed by atoms with Gasteiger partial charge in [0.15, 0.2) is 0 Å². The summed E-state index contributed by atoms with van der Waals surface area (Å²) in [5.74, 6) is -1.11. The first-order chi connectivity index (χ1) is 8.04. The Hall–Kier alpha value is -1.81. The third-order valence-corrected chi connectivity index (χ3v) is 2.88. The summed E-state index contributed by atoms with van der Waals surface area (Å²) < 4.78 is 0. The molecule has 2 rings (SSSR count). The van der Waals surface area contributed by atoms with Gasteiger partial charge in [0.05, 0.1) is 5.56 Å². The lowest BCUT2D eigenvalue weighted by atomic mass is 10.0. The summed E-state index contributed by atoms with van der Waals surface area (Å²) in [6.07, 6.45) is 0.361. The number of aromatic carboxylic acids is 1. The lowest BCUT2D eigenvalue weighted by Gasteiger charge is -2.07. The smallest absolute Gasteiger partial charge is 0.336 e. The minimum absolute atomic E-state index is 0.0359. The van der Waals surface area contributed by atoms with Crippen molar-refractivity contribution in [2.45, 2.75) is 13.3 Å². The van der Waals surface area contributed by atoms with Crippen molar-refractivity contribution in [2.75, 3.05) is 0 Å². The maximum Gasteiger partial charge on any atom is 0.336 e. The van der Waals surface area contributed by atoms with Gasteiger partial charge in [-0.1, -0.05) is 18.5 Å². The molecule has 2 N–H and O–H groups in total. The van der Waals surface area contributed by atoms with E-state index in [0.29, 0.717) is 22.3 Å². The zero-order chi connectivity index (χ0) is 12.6. The number of aromatic amines is 1. The number of hydrogen-bond acceptors (Lipinski definition) is 2. The average Bonchev–Trinajstić information content (AvgIpc) is 2.27. The molecule has 0 saturated carbocycles. The molecule has 0 radical (unpaired) electrons. The number of benzene rings is 1. The molecule has 1 aromatic carbocycles. The predicted octanol–water partition coefficient (Wildman–Crippen LogP) is 2.44. The van der Waals surface area contributed by atoms with Gasteiger partial charge in [-0.3, -0.25) is 4.79 Å². The summed E-state index contributed by atoms with van der Waals surface area (Å²) in [5.41, 5.74) is 0.426. The lowest BCUT2D eigenvalue weighted by Crippen LogP contribution is -2.18. The molecule has 0 aliphatic carbocycles. The number of carboxylic acids is 1. The summed E-state index contributed by atoms with van der Waals surface area (Å²) in [6, 6.07) is 4.76. The predicted molar refractivity (Wildman–Crippen MR) is 65.9 cm³/mol. The van der Waals surface area contributed by atoms with Gasteiger partial charge in [-0.25, -0.2) is 4.79 Å². The van der Waals surface area contributed by atoms with E-state index >= 15 is 0 Å². The second-order valence-electron chi connectivity index (χ2n) is 3.66. The van der Waals surface area contributed by atoms with Gasteiger partial charge in [-0.15, -0.1) is 0 Å². The first-order valence-electron chi connectivity index (χ1n) is 5.12. The zero-order valence-corrected chi connectivity index (χ0v) is 9.84. The van der Waals surface area contributed by atoms with E-state index in [-0.39, 0.29) is 16.7 Å². The van der Waals surface area contributed by atoms with Crippen LogP contribution in [0.1, 0.15) is 22.8 Å². The molecule has 0 fully saturated rings. The minimum atomic E-state index is -1.11. The Morgan fingerprint density at radius 3 is 2.76 bits per heavy atom. The molecule has 5 heteroatoms. The minimum Gasteiger partial charge on any atom is -0.478 e. The van der Waals surface area contributed by atoms with E-state index in [1.165, 1.54) is 0 Å². The Bertz CT molecular complexity index is 661. The van der Waals surface area contributed by atoms with Crippen LogP contribution >= 0.6 is 11.6 Å². The molecule has 4 nitrogen and oxygen atoms in total. The van der Waals surface area contributed by atoms with E-state index in [2.05, 4.69) is 4.98 Å². The SMILES string of the molecule is CCc1c(C(=O)O)c2cc(Cl)ccc2[nH]c1=O. The number of aromatic nitrogens is 1. The number of hydrogen-bond donors (Lipinski definition) is 2. The first-order valence-corrected chi connectivity index (χ1v) is 5.50. The highest BCUT2D eigenvalue weighted by Gasteiger charge is 2.17. The lowest BCUT2D eigenvalue weighted by molar-refractivity contribution is 0.0697. The standard InChI is InChI=1S/C12H10ClNO3/c1-2-7-10(12(16)17)8-5-6(13)3-4-9(8)14-11(7)15/h3-5H,2H2,1H3,(H,14,15)(H,16,17). The maximum absolute atomic E-state index is 11.7. The van der Waals surface area contributed by atoms with Gasteiger partial charge >= 0.3 is 5.97 Å². The molecule has 0 amide bonds. The topological polar surface area (TPSA) is 70.2 Å². The van der Waals surface area contributed by atoms with Gasteiger partial charge in [0.25, 0.3) is 5.56 Å². The number of carbonyl (C=O) groups is 1. The molecule has 0 atom stereocenters. The molecule has 1 aromatic heterocycles. The van der Waals surface area contributed by atoms with Crippen molar-refractivity contribution >= 4 is 28.5 Å². The highest BCUT2D eigenvalue weighted by Crippen LogP contribution is 2.22. The fourth-order valence-electron chi connectivity index (χ4n) is 1.89. The van der Waals surface area contributed by atoms with E-state index in [1.54, 1.807) is 25.1 Å². The van der Waals surface area contributed by atoms with Gasteiger partial charge in [0, 0.05) is 21.5 Å². The summed E-state index contributed by atoms with van der Waals surface area (Å²) in [4.78, 5) is 25.6. The van der Waals surface area contributed by atoms with Crippen molar-refractivity contribution in [1.82, 2.24) is 4.98 Å². The molecule has 2 aromatic rings. The number of nitrogens with one attached hydrogen (secondary N) is 1. The van der Waals surface area contributed by atoms with Crippen molar-refractivity contribution in [3.05, 3.63) is 44.7 Å². The van der Waals surface area contributed by atoms with Crippen LogP contribution in [0.2, 0.25) is 5.02 Å². The molecule has 0 aliphatic rings. The van der Waals surface area contributed by atoms with Crippen molar-refractivity contribution in [3.8, 4) is 0 Å². The van der Waals surface area contributed by atoms with Crippen LogP contribution in [0.15, 0.2) is 23.0 Å². The molecule has 0 saturated heterocycles. The molecule has 0 unspecified atom stereocenters. The second kappa shape index (κ2) is 4.22. The van der Waals surface area contributed by atoms with Crippen molar-refractivity contribution < 1.29 is 9.90 Å². The molecule has 0 spiro atoms. The van der Waals surface area contributed by atoms with Crippen LogP contribution in [0.25, 0.3) is 10.9 Å². The molecular weight excluding hydrogens is 242 g/mol. The van der Waals surface area contributed by atoms with Crippen LogP contribution in [-0.4, -0.2) is 16.1 Å². The monoisotopic (exact) mass is 251 g/mol. The van der Waals surface area contributed by atoms with Crippen LogP contribution in [-0.2, 0) is 6.42 Å². The van der Waals surface area contributed by atoms with E-state index in [0.717, 1.165) is 0 Å². The zero-order valence-electron chi connectivity index (χ0n) is 9.08. The Balaban J connectivity index is 3.00. The molecule has 0 aliphatic heterocycles.